The number of phenolic OH excluding ortho intramolecular Hbond substituents is 1. The number of rotatable bonds is 7. The highest BCUT2D eigenvalue weighted by atomic mass is 16.5. The van der Waals surface area contributed by atoms with Crippen molar-refractivity contribution in [1.82, 2.24) is 4.98 Å². The molecule has 3 rings (SSSR count). The normalized spacial score (nSPS) is 11.5. The molecule has 6 nitrogen and oxygen atoms in total. The van der Waals surface area contributed by atoms with Crippen LogP contribution in [0, 0.1) is 0 Å². The van der Waals surface area contributed by atoms with Gasteiger partial charge in [-0.1, -0.05) is 24.3 Å². The molecule has 1 atom stereocenters. The molecule has 1 heterocycles. The van der Waals surface area contributed by atoms with Crippen molar-refractivity contribution in [3.63, 3.8) is 0 Å². The summed E-state index contributed by atoms with van der Waals surface area (Å²) in [5, 5.41) is 12.6. The standard InChI is InChI=1S/C22H20N2O4/c1-28-22(27)20(13-15-8-10-17(25)11-9-15)24-19-7-3-2-6-18(19)21(26)16-5-4-12-23-14-16/h2-12,14,20,24-25H,13H2,1H3. The van der Waals surface area contributed by atoms with Crippen LogP contribution < -0.4 is 5.32 Å². The van der Waals surface area contributed by atoms with Crippen molar-refractivity contribution in [2.24, 2.45) is 0 Å². The maximum Gasteiger partial charge on any atom is 0.328 e. The summed E-state index contributed by atoms with van der Waals surface area (Å²) in [5.74, 6) is -0.486. The number of phenols is 1. The van der Waals surface area contributed by atoms with E-state index in [0.29, 0.717) is 23.2 Å². The van der Waals surface area contributed by atoms with Gasteiger partial charge in [0.1, 0.15) is 11.8 Å². The van der Waals surface area contributed by atoms with Crippen LogP contribution >= 0.6 is 0 Å². The molecule has 0 amide bonds. The third-order valence-corrected chi connectivity index (χ3v) is 4.29. The number of anilines is 1. The van der Waals surface area contributed by atoms with E-state index in [0.717, 1.165) is 5.56 Å². The van der Waals surface area contributed by atoms with Crippen molar-refractivity contribution in [1.29, 1.82) is 0 Å². The third kappa shape index (κ3) is 4.54. The van der Waals surface area contributed by atoms with E-state index in [-0.39, 0.29) is 11.5 Å². The van der Waals surface area contributed by atoms with Gasteiger partial charge in [-0.15, -0.1) is 0 Å². The Kier molecular flexibility index (Phi) is 6.01. The van der Waals surface area contributed by atoms with Gasteiger partial charge in [-0.2, -0.15) is 0 Å². The quantitative estimate of drug-likeness (QED) is 0.486. The van der Waals surface area contributed by atoms with Crippen molar-refractivity contribution in [2.45, 2.75) is 12.5 Å². The first kappa shape index (κ1) is 19.1. The largest absolute Gasteiger partial charge is 0.508 e. The van der Waals surface area contributed by atoms with Crippen LogP contribution in [-0.4, -0.2) is 35.0 Å². The maximum absolute atomic E-state index is 12.9. The fourth-order valence-electron chi connectivity index (χ4n) is 2.85. The minimum atomic E-state index is -0.697. The highest BCUT2D eigenvalue weighted by molar-refractivity contribution is 6.12. The lowest BCUT2D eigenvalue weighted by Gasteiger charge is -2.20. The number of pyridine rings is 1. The zero-order chi connectivity index (χ0) is 19.9. The number of aromatic nitrogens is 1. The van der Waals surface area contributed by atoms with E-state index < -0.39 is 12.0 Å². The van der Waals surface area contributed by atoms with Gasteiger partial charge in [0.25, 0.3) is 0 Å². The molecule has 142 valence electrons. The van der Waals surface area contributed by atoms with Crippen LogP contribution in [0.4, 0.5) is 5.69 Å². The Morgan fingerprint density at radius 3 is 2.50 bits per heavy atom. The van der Waals surface area contributed by atoms with Gasteiger partial charge in [-0.05, 0) is 42.0 Å². The number of carbonyl (C=O) groups excluding carboxylic acids is 2. The van der Waals surface area contributed by atoms with Gasteiger partial charge >= 0.3 is 5.97 Å². The Morgan fingerprint density at radius 2 is 1.82 bits per heavy atom. The monoisotopic (exact) mass is 376 g/mol. The molecule has 0 radical (unpaired) electrons. The van der Waals surface area contributed by atoms with E-state index in [2.05, 4.69) is 10.3 Å². The number of benzene rings is 2. The van der Waals surface area contributed by atoms with Crippen molar-refractivity contribution in [3.8, 4) is 5.75 Å². The Bertz CT molecular complexity index is 956. The first-order chi connectivity index (χ1) is 13.6. The van der Waals surface area contributed by atoms with Gasteiger partial charge in [-0.25, -0.2) is 4.79 Å². The van der Waals surface area contributed by atoms with Crippen LogP contribution in [0.25, 0.3) is 0 Å². The van der Waals surface area contributed by atoms with Crippen molar-refractivity contribution in [3.05, 3.63) is 89.7 Å². The zero-order valence-corrected chi connectivity index (χ0v) is 15.3. The molecule has 0 bridgehead atoms. The molecule has 0 fully saturated rings. The molecule has 3 aromatic rings. The van der Waals surface area contributed by atoms with E-state index in [1.807, 2.05) is 0 Å². The van der Waals surface area contributed by atoms with Crippen molar-refractivity contribution >= 4 is 17.4 Å². The number of nitrogens with zero attached hydrogens (tertiary/aromatic N) is 1. The summed E-state index contributed by atoms with van der Waals surface area (Å²) in [4.78, 5) is 29.2. The average Bonchev–Trinajstić information content (AvgIpc) is 2.74. The van der Waals surface area contributed by atoms with Crippen molar-refractivity contribution in [2.75, 3.05) is 12.4 Å². The lowest BCUT2D eigenvalue weighted by atomic mass is 10.0. The second-order valence-electron chi connectivity index (χ2n) is 6.21. The lowest BCUT2D eigenvalue weighted by Crippen LogP contribution is -2.33. The van der Waals surface area contributed by atoms with Crippen LogP contribution in [0.5, 0.6) is 5.75 Å². The van der Waals surface area contributed by atoms with Gasteiger partial charge in [0.2, 0.25) is 0 Å². The molecule has 1 aromatic heterocycles. The van der Waals surface area contributed by atoms with E-state index in [9.17, 15) is 14.7 Å². The minimum Gasteiger partial charge on any atom is -0.508 e. The van der Waals surface area contributed by atoms with Crippen molar-refractivity contribution < 1.29 is 19.4 Å². The highest BCUT2D eigenvalue weighted by Gasteiger charge is 2.22. The number of carbonyl (C=O) groups is 2. The zero-order valence-electron chi connectivity index (χ0n) is 15.3. The molecule has 0 aliphatic carbocycles. The fraction of sp³-hybridized carbons (Fsp3) is 0.136. The molecule has 2 N–H and O–H groups in total. The van der Waals surface area contributed by atoms with E-state index in [4.69, 9.17) is 4.74 Å². The van der Waals surface area contributed by atoms with Crippen LogP contribution in [0.2, 0.25) is 0 Å². The predicted molar refractivity (Wildman–Crippen MR) is 105 cm³/mol. The SMILES string of the molecule is COC(=O)C(Cc1ccc(O)cc1)Nc1ccccc1C(=O)c1cccnc1. The highest BCUT2D eigenvalue weighted by Crippen LogP contribution is 2.21. The molecule has 0 saturated heterocycles. The summed E-state index contributed by atoms with van der Waals surface area (Å²) in [6.07, 6.45) is 3.45. The average molecular weight is 376 g/mol. The summed E-state index contributed by atoms with van der Waals surface area (Å²) < 4.78 is 4.92. The number of esters is 1. The number of ketones is 1. The number of ether oxygens (including phenoxy) is 1. The number of para-hydroxylation sites is 1. The van der Waals surface area contributed by atoms with Gasteiger partial charge in [0.05, 0.1) is 7.11 Å². The molecule has 6 heteroatoms. The summed E-state index contributed by atoms with van der Waals surface area (Å²) >= 11 is 0. The maximum atomic E-state index is 12.9. The molecule has 0 aliphatic heterocycles. The summed E-state index contributed by atoms with van der Waals surface area (Å²) in [6, 6.07) is 16.3. The number of hydrogen-bond donors (Lipinski definition) is 2. The lowest BCUT2D eigenvalue weighted by molar-refractivity contribution is -0.141. The Morgan fingerprint density at radius 1 is 1.07 bits per heavy atom. The van der Waals surface area contributed by atoms with Gasteiger partial charge in [-0.3, -0.25) is 9.78 Å². The number of hydrogen-bond acceptors (Lipinski definition) is 6. The Hall–Kier alpha value is -3.67. The van der Waals surface area contributed by atoms with Crippen LogP contribution in [-0.2, 0) is 16.0 Å². The first-order valence-corrected chi connectivity index (χ1v) is 8.74. The van der Waals surface area contributed by atoms with Crippen LogP contribution in [0.1, 0.15) is 21.5 Å². The third-order valence-electron chi connectivity index (χ3n) is 4.29. The molecule has 0 spiro atoms. The Balaban J connectivity index is 1.88. The molecule has 0 aliphatic rings. The predicted octanol–water partition coefficient (Wildman–Crippen LogP) is 3.21. The summed E-state index contributed by atoms with van der Waals surface area (Å²) in [7, 11) is 1.32. The smallest absolute Gasteiger partial charge is 0.328 e. The Labute approximate surface area is 162 Å². The molecular formula is C22H20N2O4. The minimum absolute atomic E-state index is 0.152. The summed E-state index contributed by atoms with van der Waals surface area (Å²) in [6.45, 7) is 0. The second kappa shape index (κ2) is 8.81. The van der Waals surface area contributed by atoms with E-state index >= 15 is 0 Å². The number of methoxy groups -OCH3 is 1. The van der Waals surface area contributed by atoms with E-state index in [1.54, 1.807) is 66.9 Å². The number of aromatic hydroxyl groups is 1. The van der Waals surface area contributed by atoms with Gasteiger partial charge in [0, 0.05) is 35.6 Å². The number of nitrogens with one attached hydrogen (secondary N) is 1. The first-order valence-electron chi connectivity index (χ1n) is 8.74. The van der Waals surface area contributed by atoms with Gasteiger partial charge < -0.3 is 15.2 Å². The second-order valence-corrected chi connectivity index (χ2v) is 6.21. The molecule has 1 unspecified atom stereocenters. The van der Waals surface area contributed by atoms with E-state index in [1.165, 1.54) is 13.3 Å². The molecule has 2 aromatic carbocycles. The van der Waals surface area contributed by atoms with Crippen LogP contribution in [0.3, 0.4) is 0 Å². The summed E-state index contributed by atoms with van der Waals surface area (Å²) in [5.41, 5.74) is 2.28. The topological polar surface area (TPSA) is 88.5 Å². The molecule has 0 saturated carbocycles. The fourth-order valence-corrected chi connectivity index (χ4v) is 2.85. The molecular weight excluding hydrogens is 356 g/mol. The van der Waals surface area contributed by atoms with Crippen LogP contribution in [0.15, 0.2) is 73.1 Å². The van der Waals surface area contributed by atoms with Gasteiger partial charge in [0.15, 0.2) is 5.78 Å². The molecule has 28 heavy (non-hydrogen) atoms.